The van der Waals surface area contributed by atoms with Crippen molar-refractivity contribution in [3.8, 4) is 11.4 Å². The average Bonchev–Trinajstić information content (AvgIpc) is 2.62. The van der Waals surface area contributed by atoms with Crippen LogP contribution in [0, 0.1) is 0 Å². The Kier molecular flexibility index (Phi) is 8.51. The number of rotatable bonds is 11. The molecule has 0 unspecified atom stereocenters. The van der Waals surface area contributed by atoms with E-state index in [1.165, 1.54) is 62.5 Å². The fourth-order valence-corrected chi connectivity index (χ4v) is 3.05. The van der Waals surface area contributed by atoms with Crippen LogP contribution in [-0.2, 0) is 12.8 Å². The van der Waals surface area contributed by atoms with Gasteiger partial charge in [-0.15, -0.1) is 0 Å². The predicted octanol–water partition coefficient (Wildman–Crippen LogP) is 6.39. The van der Waals surface area contributed by atoms with Gasteiger partial charge < -0.3 is 0 Å². The van der Waals surface area contributed by atoms with Gasteiger partial charge in [0, 0.05) is 12.4 Å². The van der Waals surface area contributed by atoms with Crippen LogP contribution in [-0.4, -0.2) is 9.97 Å². The van der Waals surface area contributed by atoms with Gasteiger partial charge in [-0.1, -0.05) is 52.4 Å². The van der Waals surface area contributed by atoms with Crippen molar-refractivity contribution in [2.75, 3.05) is 0 Å². The molecule has 0 radical (unpaired) electrons. The molecule has 0 bridgehead atoms. The molecule has 0 aliphatic carbocycles. The van der Waals surface area contributed by atoms with Gasteiger partial charge in [-0.05, 0) is 61.1 Å². The van der Waals surface area contributed by atoms with E-state index in [9.17, 15) is 0 Å². The van der Waals surface area contributed by atoms with E-state index in [4.69, 9.17) is 0 Å². The largest absolute Gasteiger partial charge is 0.255 e. The topological polar surface area (TPSA) is 25.8 Å². The van der Waals surface area contributed by atoms with Crippen molar-refractivity contribution in [1.82, 2.24) is 9.97 Å². The predicted molar refractivity (Wildman–Crippen MR) is 103 cm³/mol. The van der Waals surface area contributed by atoms with Gasteiger partial charge in [-0.25, -0.2) is 0 Å². The monoisotopic (exact) mass is 324 g/mol. The van der Waals surface area contributed by atoms with E-state index in [-0.39, 0.29) is 0 Å². The van der Waals surface area contributed by atoms with Crippen molar-refractivity contribution in [1.29, 1.82) is 0 Å². The molecule has 0 aliphatic heterocycles. The normalized spacial score (nSPS) is 10.9. The van der Waals surface area contributed by atoms with Gasteiger partial charge >= 0.3 is 0 Å². The van der Waals surface area contributed by atoms with Gasteiger partial charge in [0.1, 0.15) is 0 Å². The summed E-state index contributed by atoms with van der Waals surface area (Å²) in [4.78, 5) is 9.08. The first-order chi connectivity index (χ1) is 11.8. The van der Waals surface area contributed by atoms with Crippen molar-refractivity contribution in [2.45, 2.75) is 78.1 Å². The van der Waals surface area contributed by atoms with Crippen molar-refractivity contribution in [2.24, 2.45) is 0 Å². The number of unbranched alkanes of at least 4 members (excludes halogenated alkanes) is 6. The number of aromatic nitrogens is 2. The second-order valence-corrected chi connectivity index (χ2v) is 6.72. The third-order valence-corrected chi connectivity index (χ3v) is 4.55. The lowest BCUT2D eigenvalue weighted by Crippen LogP contribution is -1.93. The SMILES string of the molecule is CCCCCCCc1ccnc(-c2cc(CCCCC)ccn2)c1. The molecule has 2 heterocycles. The van der Waals surface area contributed by atoms with Crippen molar-refractivity contribution in [3.05, 3.63) is 47.8 Å². The van der Waals surface area contributed by atoms with Gasteiger partial charge in [0.2, 0.25) is 0 Å². The van der Waals surface area contributed by atoms with Crippen LogP contribution in [0.25, 0.3) is 11.4 Å². The summed E-state index contributed by atoms with van der Waals surface area (Å²) >= 11 is 0. The van der Waals surface area contributed by atoms with Crippen LogP contribution in [0.4, 0.5) is 0 Å². The second-order valence-electron chi connectivity index (χ2n) is 6.72. The summed E-state index contributed by atoms with van der Waals surface area (Å²) in [6.45, 7) is 4.51. The Hall–Kier alpha value is -1.70. The smallest absolute Gasteiger partial charge is 0.0888 e. The molecular formula is C22H32N2. The molecule has 2 rings (SSSR count). The molecule has 2 aromatic rings. The number of hydrogen-bond donors (Lipinski definition) is 0. The molecule has 24 heavy (non-hydrogen) atoms. The highest BCUT2D eigenvalue weighted by atomic mass is 14.8. The number of nitrogens with zero attached hydrogens (tertiary/aromatic N) is 2. The Labute approximate surface area is 147 Å². The summed E-state index contributed by atoms with van der Waals surface area (Å²) in [5.74, 6) is 0. The van der Waals surface area contributed by atoms with Crippen LogP contribution in [0.2, 0.25) is 0 Å². The Morgan fingerprint density at radius 3 is 1.62 bits per heavy atom. The molecule has 0 aromatic carbocycles. The van der Waals surface area contributed by atoms with E-state index in [0.29, 0.717) is 0 Å². The number of aryl methyl sites for hydroxylation is 2. The van der Waals surface area contributed by atoms with E-state index in [2.05, 4.69) is 48.1 Å². The molecule has 0 N–H and O–H groups in total. The zero-order valence-corrected chi connectivity index (χ0v) is 15.4. The Morgan fingerprint density at radius 1 is 0.625 bits per heavy atom. The minimum absolute atomic E-state index is 1.01. The van der Waals surface area contributed by atoms with Crippen LogP contribution in [0.5, 0.6) is 0 Å². The zero-order chi connectivity index (χ0) is 17.0. The molecule has 0 spiro atoms. The molecular weight excluding hydrogens is 292 g/mol. The summed E-state index contributed by atoms with van der Waals surface area (Å²) < 4.78 is 0. The van der Waals surface area contributed by atoms with Crippen LogP contribution < -0.4 is 0 Å². The van der Waals surface area contributed by atoms with Crippen molar-refractivity contribution < 1.29 is 0 Å². The van der Waals surface area contributed by atoms with Gasteiger partial charge in [0.05, 0.1) is 11.4 Å². The molecule has 0 atom stereocenters. The van der Waals surface area contributed by atoms with Crippen LogP contribution in [0.3, 0.4) is 0 Å². The third kappa shape index (κ3) is 6.43. The highest BCUT2D eigenvalue weighted by Gasteiger charge is 2.04. The minimum atomic E-state index is 1.01. The van der Waals surface area contributed by atoms with Crippen LogP contribution in [0.1, 0.15) is 76.3 Å². The molecule has 130 valence electrons. The molecule has 0 saturated carbocycles. The zero-order valence-electron chi connectivity index (χ0n) is 15.4. The quantitative estimate of drug-likeness (QED) is 0.448. The Morgan fingerprint density at radius 2 is 1.08 bits per heavy atom. The van der Waals surface area contributed by atoms with Crippen molar-refractivity contribution in [3.63, 3.8) is 0 Å². The molecule has 2 nitrogen and oxygen atoms in total. The summed E-state index contributed by atoms with van der Waals surface area (Å²) in [5.41, 5.74) is 4.78. The number of hydrogen-bond acceptors (Lipinski definition) is 2. The lowest BCUT2D eigenvalue weighted by molar-refractivity contribution is 0.632. The maximum atomic E-state index is 4.54. The minimum Gasteiger partial charge on any atom is -0.255 e. The van der Waals surface area contributed by atoms with E-state index >= 15 is 0 Å². The summed E-state index contributed by atoms with van der Waals surface area (Å²) in [6, 6.07) is 8.71. The third-order valence-electron chi connectivity index (χ3n) is 4.55. The van der Waals surface area contributed by atoms with Crippen LogP contribution >= 0.6 is 0 Å². The number of pyridine rings is 2. The van der Waals surface area contributed by atoms with E-state index < -0.39 is 0 Å². The molecule has 0 saturated heterocycles. The van der Waals surface area contributed by atoms with Crippen molar-refractivity contribution >= 4 is 0 Å². The molecule has 0 amide bonds. The standard InChI is InChI=1S/C22H32N2/c1-3-5-7-8-10-12-20-14-16-24-22(18-20)21-17-19(13-15-23-21)11-9-6-4-2/h13-18H,3-12H2,1-2H3. The molecule has 2 aromatic heterocycles. The second kappa shape index (κ2) is 11.0. The maximum absolute atomic E-state index is 4.54. The maximum Gasteiger partial charge on any atom is 0.0888 e. The molecule has 0 aliphatic rings. The first-order valence-electron chi connectivity index (χ1n) is 9.73. The summed E-state index contributed by atoms with van der Waals surface area (Å²) in [6.07, 6.45) is 16.6. The first-order valence-corrected chi connectivity index (χ1v) is 9.73. The first kappa shape index (κ1) is 18.6. The lowest BCUT2D eigenvalue weighted by atomic mass is 10.0. The fraction of sp³-hybridized carbons (Fsp3) is 0.545. The molecule has 0 fully saturated rings. The highest BCUT2D eigenvalue weighted by Crippen LogP contribution is 2.19. The summed E-state index contributed by atoms with van der Waals surface area (Å²) in [7, 11) is 0. The Balaban J connectivity index is 1.96. The van der Waals surface area contributed by atoms with E-state index in [0.717, 1.165) is 24.2 Å². The molecule has 2 heteroatoms. The van der Waals surface area contributed by atoms with Crippen LogP contribution in [0.15, 0.2) is 36.7 Å². The highest BCUT2D eigenvalue weighted by molar-refractivity contribution is 5.55. The summed E-state index contributed by atoms with van der Waals surface area (Å²) in [5, 5.41) is 0. The van der Waals surface area contributed by atoms with Gasteiger partial charge in [-0.3, -0.25) is 9.97 Å². The average molecular weight is 325 g/mol. The van der Waals surface area contributed by atoms with Gasteiger partial charge in [-0.2, -0.15) is 0 Å². The Bertz CT molecular complexity index is 592. The van der Waals surface area contributed by atoms with E-state index in [1.807, 2.05) is 12.4 Å². The van der Waals surface area contributed by atoms with E-state index in [1.54, 1.807) is 0 Å². The fourth-order valence-electron chi connectivity index (χ4n) is 3.05. The lowest BCUT2D eigenvalue weighted by Gasteiger charge is -2.06. The van der Waals surface area contributed by atoms with Gasteiger partial charge in [0.15, 0.2) is 0 Å². The van der Waals surface area contributed by atoms with Gasteiger partial charge in [0.25, 0.3) is 0 Å².